The van der Waals surface area contributed by atoms with Crippen LogP contribution in [0.5, 0.6) is 5.88 Å². The fourth-order valence-corrected chi connectivity index (χ4v) is 2.49. The number of aromatic nitrogens is 2. The third-order valence-corrected chi connectivity index (χ3v) is 3.41. The van der Waals surface area contributed by atoms with Crippen LogP contribution in [0.4, 0.5) is 11.5 Å². The Bertz CT molecular complexity index is 453. The fourth-order valence-electron chi connectivity index (χ4n) is 2.49. The quantitative estimate of drug-likeness (QED) is 0.867. The molecule has 2 rings (SSSR count). The summed E-state index contributed by atoms with van der Waals surface area (Å²) in [5, 5.41) is 0. The lowest BCUT2D eigenvalue weighted by atomic mass is 10.1. The summed E-state index contributed by atoms with van der Waals surface area (Å²) in [4.78, 5) is 10.6. The van der Waals surface area contributed by atoms with Crippen LogP contribution >= 0.6 is 0 Å². The molecule has 118 valence electrons. The molecule has 0 bridgehead atoms. The van der Waals surface area contributed by atoms with Gasteiger partial charge in [0.1, 0.15) is 12.0 Å². The number of nitrogens with two attached hydrogens (primary N) is 1. The van der Waals surface area contributed by atoms with E-state index in [0.717, 1.165) is 44.8 Å². The molecule has 1 aliphatic heterocycles. The second-order valence-electron chi connectivity index (χ2n) is 5.66. The summed E-state index contributed by atoms with van der Waals surface area (Å²) in [5.74, 6) is 1.22. The molecule has 0 amide bonds. The number of rotatable bonds is 6. The molecule has 1 aliphatic rings. The van der Waals surface area contributed by atoms with Crippen molar-refractivity contribution >= 4 is 11.5 Å². The molecule has 1 aromatic heterocycles. The van der Waals surface area contributed by atoms with Crippen molar-refractivity contribution in [2.24, 2.45) is 0 Å². The summed E-state index contributed by atoms with van der Waals surface area (Å²) in [6.07, 6.45) is 5.02. The first-order chi connectivity index (χ1) is 10.1. The van der Waals surface area contributed by atoms with Crippen molar-refractivity contribution in [2.45, 2.75) is 52.2 Å². The van der Waals surface area contributed by atoms with E-state index in [0.29, 0.717) is 11.6 Å². The zero-order valence-electron chi connectivity index (χ0n) is 13.2. The predicted molar refractivity (Wildman–Crippen MR) is 83.7 cm³/mol. The first kappa shape index (κ1) is 15.8. The molecule has 21 heavy (non-hydrogen) atoms. The lowest BCUT2D eigenvalue weighted by Crippen LogP contribution is -2.40. The van der Waals surface area contributed by atoms with Crippen molar-refractivity contribution in [3.63, 3.8) is 0 Å². The van der Waals surface area contributed by atoms with Crippen molar-refractivity contribution in [3.8, 4) is 5.88 Å². The van der Waals surface area contributed by atoms with Crippen LogP contribution in [0.1, 0.15) is 40.0 Å². The summed E-state index contributed by atoms with van der Waals surface area (Å²) in [7, 11) is 0. The average molecular weight is 294 g/mol. The Hall–Kier alpha value is -1.56. The maximum atomic E-state index is 6.18. The third-order valence-electron chi connectivity index (χ3n) is 3.41. The van der Waals surface area contributed by atoms with Gasteiger partial charge in [-0.05, 0) is 33.1 Å². The molecule has 6 nitrogen and oxygen atoms in total. The molecular formula is C15H26N4O2. The Morgan fingerprint density at radius 1 is 1.43 bits per heavy atom. The average Bonchev–Trinajstić information content (AvgIpc) is 2.47. The van der Waals surface area contributed by atoms with E-state index in [2.05, 4.69) is 21.8 Å². The molecule has 0 aromatic carbocycles. The Labute approximate surface area is 126 Å². The van der Waals surface area contributed by atoms with Crippen molar-refractivity contribution in [3.05, 3.63) is 6.33 Å². The molecule has 2 N–H and O–H groups in total. The van der Waals surface area contributed by atoms with Gasteiger partial charge in [0.15, 0.2) is 5.82 Å². The van der Waals surface area contributed by atoms with Crippen LogP contribution in [0.15, 0.2) is 6.33 Å². The van der Waals surface area contributed by atoms with E-state index in [4.69, 9.17) is 15.2 Å². The molecular weight excluding hydrogens is 268 g/mol. The number of ether oxygens (including phenoxy) is 2. The van der Waals surface area contributed by atoms with Gasteiger partial charge in [0, 0.05) is 19.7 Å². The molecule has 0 radical (unpaired) electrons. The van der Waals surface area contributed by atoms with Crippen molar-refractivity contribution in [1.82, 2.24) is 9.97 Å². The van der Waals surface area contributed by atoms with Gasteiger partial charge in [0.25, 0.3) is 0 Å². The summed E-state index contributed by atoms with van der Waals surface area (Å²) >= 11 is 0. The van der Waals surface area contributed by atoms with E-state index >= 15 is 0 Å². The molecule has 0 spiro atoms. The highest BCUT2D eigenvalue weighted by Crippen LogP contribution is 2.30. The molecule has 1 saturated heterocycles. The third kappa shape index (κ3) is 4.20. The van der Waals surface area contributed by atoms with Crippen molar-refractivity contribution in [2.75, 3.05) is 30.3 Å². The van der Waals surface area contributed by atoms with Crippen LogP contribution in [-0.2, 0) is 4.74 Å². The largest absolute Gasteiger partial charge is 0.473 e. The van der Waals surface area contributed by atoms with E-state index in [-0.39, 0.29) is 12.2 Å². The highest BCUT2D eigenvalue weighted by atomic mass is 16.5. The second kappa shape index (κ2) is 7.45. The standard InChI is InChI=1S/C15H26N4O2/c1-4-8-20-12-6-5-7-19(9-12)14-13(16)15(18-10-17-14)21-11(2)3/h10-12H,4-9,16H2,1-3H3. The lowest BCUT2D eigenvalue weighted by Gasteiger charge is -2.34. The van der Waals surface area contributed by atoms with Gasteiger partial charge in [0.05, 0.1) is 12.2 Å². The first-order valence-electron chi connectivity index (χ1n) is 7.75. The molecule has 1 fully saturated rings. The number of hydrogen-bond acceptors (Lipinski definition) is 6. The molecule has 1 unspecified atom stereocenters. The molecule has 0 aliphatic carbocycles. The Morgan fingerprint density at radius 2 is 2.24 bits per heavy atom. The minimum atomic E-state index is 0.0389. The molecule has 1 atom stereocenters. The summed E-state index contributed by atoms with van der Waals surface area (Å²) in [5.41, 5.74) is 6.69. The minimum Gasteiger partial charge on any atom is -0.473 e. The van der Waals surface area contributed by atoms with Crippen LogP contribution in [0.25, 0.3) is 0 Å². The Morgan fingerprint density at radius 3 is 2.95 bits per heavy atom. The van der Waals surface area contributed by atoms with Crippen LogP contribution in [0.3, 0.4) is 0 Å². The zero-order valence-corrected chi connectivity index (χ0v) is 13.2. The second-order valence-corrected chi connectivity index (χ2v) is 5.66. The van der Waals surface area contributed by atoms with Gasteiger partial charge in [-0.2, -0.15) is 4.98 Å². The molecule has 1 aromatic rings. The van der Waals surface area contributed by atoms with E-state index in [1.165, 1.54) is 6.33 Å². The van der Waals surface area contributed by atoms with Crippen LogP contribution in [-0.4, -0.2) is 41.9 Å². The molecule has 2 heterocycles. The number of nitrogen functional groups attached to an aromatic ring is 1. The maximum absolute atomic E-state index is 6.18. The van der Waals surface area contributed by atoms with Gasteiger partial charge in [-0.25, -0.2) is 4.98 Å². The van der Waals surface area contributed by atoms with Gasteiger partial charge >= 0.3 is 0 Å². The van der Waals surface area contributed by atoms with Gasteiger partial charge in [-0.3, -0.25) is 0 Å². The number of nitrogens with zero attached hydrogens (tertiary/aromatic N) is 3. The highest BCUT2D eigenvalue weighted by molar-refractivity contribution is 5.67. The Kier molecular flexibility index (Phi) is 5.61. The summed E-state index contributed by atoms with van der Waals surface area (Å²) in [6.45, 7) is 8.60. The topological polar surface area (TPSA) is 73.5 Å². The van der Waals surface area contributed by atoms with Gasteiger partial charge < -0.3 is 20.1 Å². The van der Waals surface area contributed by atoms with Crippen molar-refractivity contribution in [1.29, 1.82) is 0 Å². The fraction of sp³-hybridized carbons (Fsp3) is 0.733. The smallest absolute Gasteiger partial charge is 0.242 e. The lowest BCUT2D eigenvalue weighted by molar-refractivity contribution is 0.0439. The van der Waals surface area contributed by atoms with Crippen LogP contribution in [0.2, 0.25) is 0 Å². The van der Waals surface area contributed by atoms with Crippen molar-refractivity contribution < 1.29 is 9.47 Å². The number of hydrogen-bond donors (Lipinski definition) is 1. The minimum absolute atomic E-state index is 0.0389. The molecule has 6 heteroatoms. The van der Waals surface area contributed by atoms with E-state index in [9.17, 15) is 0 Å². The van der Waals surface area contributed by atoms with Crippen LogP contribution < -0.4 is 15.4 Å². The van der Waals surface area contributed by atoms with Gasteiger partial charge in [-0.15, -0.1) is 0 Å². The predicted octanol–water partition coefficient (Wildman–Crippen LogP) is 2.24. The summed E-state index contributed by atoms with van der Waals surface area (Å²) < 4.78 is 11.5. The van der Waals surface area contributed by atoms with Gasteiger partial charge in [0.2, 0.25) is 5.88 Å². The molecule has 0 saturated carbocycles. The van der Waals surface area contributed by atoms with E-state index in [1.54, 1.807) is 0 Å². The van der Waals surface area contributed by atoms with E-state index < -0.39 is 0 Å². The SMILES string of the molecule is CCCOC1CCCN(c2ncnc(OC(C)C)c2N)C1. The van der Waals surface area contributed by atoms with Gasteiger partial charge in [-0.1, -0.05) is 6.92 Å². The van der Waals surface area contributed by atoms with Crippen LogP contribution in [0, 0.1) is 0 Å². The summed E-state index contributed by atoms with van der Waals surface area (Å²) in [6, 6.07) is 0. The normalized spacial score (nSPS) is 19.0. The maximum Gasteiger partial charge on any atom is 0.242 e. The highest BCUT2D eigenvalue weighted by Gasteiger charge is 2.24. The number of piperidine rings is 1. The number of anilines is 2. The first-order valence-corrected chi connectivity index (χ1v) is 7.75. The van der Waals surface area contributed by atoms with E-state index in [1.807, 2.05) is 13.8 Å². The monoisotopic (exact) mass is 294 g/mol. The Balaban J connectivity index is 2.10. The zero-order chi connectivity index (χ0) is 15.2.